The van der Waals surface area contributed by atoms with Crippen molar-refractivity contribution >= 4 is 28.5 Å². The maximum Gasteiger partial charge on any atom is 0.357 e. The third-order valence-electron chi connectivity index (χ3n) is 3.94. The Morgan fingerprint density at radius 1 is 1.08 bits per heavy atom. The maximum absolute atomic E-state index is 12.5. The molecule has 0 bridgehead atoms. The van der Waals surface area contributed by atoms with Crippen LogP contribution in [0.5, 0.6) is 0 Å². The Balaban J connectivity index is 1.63. The zero-order chi connectivity index (χ0) is 18.1. The average molecular weight is 347 g/mol. The number of nitrogens with one attached hydrogen (secondary N) is 2. The number of carbonyl (C=O) groups excluding carboxylic acids is 1. The van der Waals surface area contributed by atoms with E-state index < -0.39 is 5.97 Å². The second kappa shape index (κ2) is 6.17. The molecule has 2 aromatic heterocycles. The van der Waals surface area contributed by atoms with Gasteiger partial charge in [0.05, 0.1) is 22.3 Å². The summed E-state index contributed by atoms with van der Waals surface area (Å²) in [5.74, 6) is -1.51. The van der Waals surface area contributed by atoms with E-state index in [1.54, 1.807) is 53.3 Å². The molecule has 26 heavy (non-hydrogen) atoms. The van der Waals surface area contributed by atoms with E-state index in [9.17, 15) is 14.7 Å². The van der Waals surface area contributed by atoms with Crippen molar-refractivity contribution in [1.29, 1.82) is 0 Å². The van der Waals surface area contributed by atoms with Gasteiger partial charge < -0.3 is 10.4 Å². The molecule has 0 atom stereocenters. The molecule has 0 aliphatic carbocycles. The molecule has 8 nitrogen and oxygen atoms in total. The van der Waals surface area contributed by atoms with Crippen LogP contribution in [0.2, 0.25) is 0 Å². The molecule has 3 N–H and O–H groups in total. The summed E-state index contributed by atoms with van der Waals surface area (Å²) >= 11 is 0. The number of rotatable bonds is 4. The predicted molar refractivity (Wildman–Crippen MR) is 94.6 cm³/mol. The molecule has 0 spiro atoms. The second-order valence-electron chi connectivity index (χ2n) is 5.56. The summed E-state index contributed by atoms with van der Waals surface area (Å²) in [6, 6.07) is 13.8. The molecular weight excluding hydrogens is 334 g/mol. The van der Waals surface area contributed by atoms with Crippen LogP contribution in [0, 0.1) is 0 Å². The third kappa shape index (κ3) is 2.69. The van der Waals surface area contributed by atoms with Crippen LogP contribution in [-0.2, 0) is 0 Å². The van der Waals surface area contributed by atoms with E-state index in [1.807, 2.05) is 12.3 Å². The van der Waals surface area contributed by atoms with Crippen LogP contribution in [0.3, 0.4) is 0 Å². The average Bonchev–Trinajstić information content (AvgIpc) is 3.32. The first-order valence-electron chi connectivity index (χ1n) is 7.75. The van der Waals surface area contributed by atoms with Gasteiger partial charge in [-0.05, 0) is 42.5 Å². The number of hydrogen-bond acceptors (Lipinski definition) is 4. The van der Waals surface area contributed by atoms with Gasteiger partial charge in [-0.15, -0.1) is 0 Å². The van der Waals surface area contributed by atoms with Crippen molar-refractivity contribution in [3.63, 3.8) is 0 Å². The molecule has 0 unspecified atom stereocenters. The zero-order valence-corrected chi connectivity index (χ0v) is 13.4. The van der Waals surface area contributed by atoms with Crippen molar-refractivity contribution in [3.05, 3.63) is 72.2 Å². The number of carboxylic acids is 1. The van der Waals surface area contributed by atoms with Gasteiger partial charge in [-0.25, -0.2) is 9.48 Å². The van der Waals surface area contributed by atoms with Gasteiger partial charge in [-0.1, -0.05) is 6.07 Å². The summed E-state index contributed by atoms with van der Waals surface area (Å²) in [5, 5.41) is 23.0. The van der Waals surface area contributed by atoms with Crippen LogP contribution in [0.4, 0.5) is 5.69 Å². The fourth-order valence-corrected chi connectivity index (χ4v) is 2.71. The number of carboxylic acid groups (broad SMARTS) is 1. The van der Waals surface area contributed by atoms with Gasteiger partial charge in [-0.2, -0.15) is 10.2 Å². The SMILES string of the molecule is O=C(Nc1cccc2[nH]nc(C(=O)O)c12)c1ccc(-n2cccn2)cc1. The summed E-state index contributed by atoms with van der Waals surface area (Å²) in [4.78, 5) is 23.9. The smallest absolute Gasteiger partial charge is 0.357 e. The van der Waals surface area contributed by atoms with E-state index in [0.29, 0.717) is 22.2 Å². The number of aromatic nitrogens is 4. The molecule has 0 fully saturated rings. The summed E-state index contributed by atoms with van der Waals surface area (Å²) in [6.07, 6.45) is 3.48. The molecule has 0 saturated heterocycles. The number of carbonyl (C=O) groups is 2. The van der Waals surface area contributed by atoms with E-state index in [-0.39, 0.29) is 11.6 Å². The normalized spacial score (nSPS) is 10.8. The molecule has 4 rings (SSSR count). The van der Waals surface area contributed by atoms with Crippen LogP contribution < -0.4 is 5.32 Å². The fraction of sp³-hybridized carbons (Fsp3) is 0. The molecule has 0 aliphatic heterocycles. The Labute approximate surface area is 147 Å². The van der Waals surface area contributed by atoms with Crippen molar-refractivity contribution in [3.8, 4) is 5.69 Å². The largest absolute Gasteiger partial charge is 0.476 e. The van der Waals surface area contributed by atoms with Crippen molar-refractivity contribution in [2.75, 3.05) is 5.32 Å². The van der Waals surface area contributed by atoms with Crippen molar-refractivity contribution in [2.24, 2.45) is 0 Å². The lowest BCUT2D eigenvalue weighted by Crippen LogP contribution is -2.12. The standard InChI is InChI=1S/C18H13N5O3/c24-17(11-5-7-12(8-6-11)23-10-2-9-19-23)20-13-3-1-4-14-15(13)16(18(25)26)22-21-14/h1-10H,(H,20,24)(H,21,22)(H,25,26). The van der Waals surface area contributed by atoms with Crippen LogP contribution in [0.25, 0.3) is 16.6 Å². The third-order valence-corrected chi connectivity index (χ3v) is 3.94. The number of benzene rings is 2. The molecule has 0 radical (unpaired) electrons. The van der Waals surface area contributed by atoms with Crippen molar-refractivity contribution in [2.45, 2.75) is 0 Å². The number of amides is 1. The molecule has 4 aromatic rings. The lowest BCUT2D eigenvalue weighted by molar-refractivity contribution is 0.0692. The summed E-state index contributed by atoms with van der Waals surface area (Å²) in [5.41, 5.74) is 2.06. The first kappa shape index (κ1) is 15.6. The molecule has 128 valence electrons. The second-order valence-corrected chi connectivity index (χ2v) is 5.56. The highest BCUT2D eigenvalue weighted by molar-refractivity contribution is 6.13. The molecule has 0 saturated carbocycles. The van der Waals surface area contributed by atoms with Crippen molar-refractivity contribution in [1.82, 2.24) is 20.0 Å². The van der Waals surface area contributed by atoms with Crippen LogP contribution >= 0.6 is 0 Å². The maximum atomic E-state index is 12.5. The fourth-order valence-electron chi connectivity index (χ4n) is 2.71. The van der Waals surface area contributed by atoms with Gasteiger partial charge in [0, 0.05) is 18.0 Å². The minimum atomic E-state index is -1.17. The number of nitrogens with zero attached hydrogens (tertiary/aromatic N) is 3. The minimum Gasteiger partial charge on any atom is -0.476 e. The van der Waals surface area contributed by atoms with Gasteiger partial charge >= 0.3 is 5.97 Å². The van der Waals surface area contributed by atoms with Crippen molar-refractivity contribution < 1.29 is 14.7 Å². The minimum absolute atomic E-state index is 0.134. The molecular formula is C18H13N5O3. The van der Waals surface area contributed by atoms with Gasteiger partial charge in [0.15, 0.2) is 5.69 Å². The van der Waals surface area contributed by atoms with Crippen LogP contribution in [0.15, 0.2) is 60.9 Å². The molecule has 8 heteroatoms. The highest BCUT2D eigenvalue weighted by Gasteiger charge is 2.17. The van der Waals surface area contributed by atoms with E-state index in [2.05, 4.69) is 20.6 Å². The Morgan fingerprint density at radius 3 is 2.58 bits per heavy atom. The molecule has 0 aliphatic rings. The van der Waals surface area contributed by atoms with E-state index in [4.69, 9.17) is 0 Å². The number of aromatic amines is 1. The summed E-state index contributed by atoms with van der Waals surface area (Å²) in [7, 11) is 0. The Morgan fingerprint density at radius 2 is 1.88 bits per heavy atom. The highest BCUT2D eigenvalue weighted by Crippen LogP contribution is 2.26. The Hall–Kier alpha value is -3.94. The topological polar surface area (TPSA) is 113 Å². The molecule has 2 aromatic carbocycles. The number of aromatic carboxylic acids is 1. The first-order chi connectivity index (χ1) is 12.6. The lowest BCUT2D eigenvalue weighted by Gasteiger charge is -2.08. The van der Waals surface area contributed by atoms with Crippen LogP contribution in [0.1, 0.15) is 20.8 Å². The number of hydrogen-bond donors (Lipinski definition) is 3. The zero-order valence-electron chi connectivity index (χ0n) is 13.4. The first-order valence-corrected chi connectivity index (χ1v) is 7.75. The number of fused-ring (bicyclic) bond motifs is 1. The Kier molecular flexibility index (Phi) is 3.70. The van der Waals surface area contributed by atoms with Crippen LogP contribution in [-0.4, -0.2) is 37.0 Å². The lowest BCUT2D eigenvalue weighted by atomic mass is 10.1. The number of anilines is 1. The molecule has 1 amide bonds. The van der Waals surface area contributed by atoms with Gasteiger partial charge in [-0.3, -0.25) is 9.89 Å². The monoisotopic (exact) mass is 347 g/mol. The van der Waals surface area contributed by atoms with Gasteiger partial charge in [0.2, 0.25) is 0 Å². The van der Waals surface area contributed by atoms with E-state index in [0.717, 1.165) is 5.69 Å². The Bertz CT molecular complexity index is 1100. The highest BCUT2D eigenvalue weighted by atomic mass is 16.4. The number of H-pyrrole nitrogens is 1. The summed E-state index contributed by atoms with van der Waals surface area (Å²) in [6.45, 7) is 0. The predicted octanol–water partition coefficient (Wildman–Crippen LogP) is 2.70. The quantitative estimate of drug-likeness (QED) is 0.525. The molecule has 2 heterocycles. The van der Waals surface area contributed by atoms with E-state index >= 15 is 0 Å². The summed E-state index contributed by atoms with van der Waals surface area (Å²) < 4.78 is 1.69. The van der Waals surface area contributed by atoms with E-state index in [1.165, 1.54) is 0 Å². The van der Waals surface area contributed by atoms with Gasteiger partial charge in [0.25, 0.3) is 5.91 Å². The van der Waals surface area contributed by atoms with Gasteiger partial charge in [0.1, 0.15) is 0 Å².